The van der Waals surface area contributed by atoms with E-state index in [0.717, 1.165) is 25.7 Å². The number of aryl methyl sites for hydroxylation is 4. The maximum atomic E-state index is 10.7. The molecule has 0 radical (unpaired) electrons. The van der Waals surface area contributed by atoms with E-state index < -0.39 is 20.2 Å². The average molecular weight is 1100 g/mol. The molecule has 0 aromatic heterocycles. The van der Waals surface area contributed by atoms with Crippen LogP contribution in [0, 0.1) is 0 Å². The third-order valence-corrected chi connectivity index (χ3v) is 17.6. The highest BCUT2D eigenvalue weighted by atomic mass is 32.2. The van der Waals surface area contributed by atoms with Gasteiger partial charge in [-0.25, -0.2) is 0 Å². The van der Waals surface area contributed by atoms with E-state index in [-0.39, 0.29) is 11.5 Å². The second kappa shape index (κ2) is 53.9. The molecule has 0 unspecified atom stereocenters. The molecule has 2 rings (SSSR count). The monoisotopic (exact) mass is 1100 g/mol. The van der Waals surface area contributed by atoms with E-state index in [9.17, 15) is 16.8 Å². The van der Waals surface area contributed by atoms with Crippen molar-refractivity contribution in [3.8, 4) is 0 Å². The lowest BCUT2D eigenvalue weighted by Crippen LogP contribution is -2.03. The fourth-order valence-corrected chi connectivity index (χ4v) is 12.3. The van der Waals surface area contributed by atoms with Crippen LogP contribution in [0.4, 0.5) is 0 Å². The Morgan fingerprint density at radius 3 is 0.539 bits per heavy atom. The summed E-state index contributed by atoms with van der Waals surface area (Å²) in [5, 5.41) is 0. The second-order valence-electron chi connectivity index (χ2n) is 23.4. The minimum Gasteiger partial charge on any atom is -0.286 e. The molecule has 0 aliphatic carbocycles. The van der Waals surface area contributed by atoms with Crippen molar-refractivity contribution in [2.24, 2.45) is 0 Å². The quantitative estimate of drug-likeness (QED) is 0.0505. The van der Waals surface area contributed by atoms with Crippen LogP contribution in [0.25, 0.3) is 0 Å². The van der Waals surface area contributed by atoms with Crippen molar-refractivity contribution < 1.29 is 25.9 Å². The Labute approximate surface area is 473 Å². The summed E-state index contributed by atoms with van der Waals surface area (Å²) in [6, 6.07) is 18.3. The molecule has 0 spiro atoms. The smallest absolute Gasteiger partial charge is 0.264 e. The SMILES string of the molecule is CCCCCCCCCCCCCCc1ccccc1CCCCCCCCCCCCCCS(=O)(=O)O.CCCCCCCCCCCCCCc1ccccc1CCCCCCCCCCCCCCS(=O)(=O)O. The lowest BCUT2D eigenvalue weighted by molar-refractivity contribution is 0.476. The molecular weight excluding hydrogens is 977 g/mol. The van der Waals surface area contributed by atoms with Crippen molar-refractivity contribution >= 4 is 20.2 Å². The normalized spacial score (nSPS) is 11.8. The van der Waals surface area contributed by atoms with Crippen molar-refractivity contribution in [3.63, 3.8) is 0 Å². The Morgan fingerprint density at radius 1 is 0.237 bits per heavy atom. The van der Waals surface area contributed by atoms with Crippen molar-refractivity contribution in [3.05, 3.63) is 70.8 Å². The second-order valence-corrected chi connectivity index (χ2v) is 26.5. The molecule has 0 aliphatic heterocycles. The van der Waals surface area contributed by atoms with E-state index in [4.69, 9.17) is 9.11 Å². The van der Waals surface area contributed by atoms with Crippen LogP contribution in [0.2, 0.25) is 0 Å². The Bertz CT molecular complexity index is 1620. The molecule has 2 aromatic carbocycles. The lowest BCUT2D eigenvalue weighted by Gasteiger charge is -2.10. The maximum absolute atomic E-state index is 10.7. The Hall–Kier alpha value is -1.74. The van der Waals surface area contributed by atoms with Gasteiger partial charge in [0.05, 0.1) is 11.5 Å². The molecule has 0 atom stereocenters. The number of benzene rings is 2. The van der Waals surface area contributed by atoms with Crippen molar-refractivity contribution in [2.75, 3.05) is 11.5 Å². The molecule has 0 bridgehead atoms. The molecule has 2 N–H and O–H groups in total. The molecular formula is C68H124O6S2. The molecule has 0 heterocycles. The Kier molecular flexibility index (Phi) is 51.2. The highest BCUT2D eigenvalue weighted by Crippen LogP contribution is 2.21. The topological polar surface area (TPSA) is 109 Å². The van der Waals surface area contributed by atoms with Gasteiger partial charge in [-0.2, -0.15) is 16.8 Å². The fourth-order valence-electron chi connectivity index (χ4n) is 11.1. The molecule has 444 valence electrons. The molecule has 2 aromatic rings. The van der Waals surface area contributed by atoms with Crippen LogP contribution in [-0.4, -0.2) is 37.4 Å². The maximum Gasteiger partial charge on any atom is 0.264 e. The largest absolute Gasteiger partial charge is 0.286 e. The van der Waals surface area contributed by atoms with Gasteiger partial charge in [0.1, 0.15) is 0 Å². The van der Waals surface area contributed by atoms with E-state index in [0.29, 0.717) is 12.8 Å². The summed E-state index contributed by atoms with van der Waals surface area (Å²) in [4.78, 5) is 0. The third-order valence-electron chi connectivity index (χ3n) is 16.0. The first-order chi connectivity index (χ1) is 37.1. The summed E-state index contributed by atoms with van der Waals surface area (Å²) < 4.78 is 60.2. The summed E-state index contributed by atoms with van der Waals surface area (Å²) in [6.07, 6.45) is 67.7. The first kappa shape index (κ1) is 72.3. The van der Waals surface area contributed by atoms with Crippen LogP contribution in [0.5, 0.6) is 0 Å². The summed E-state index contributed by atoms with van der Waals surface area (Å²) in [7, 11) is -7.54. The van der Waals surface area contributed by atoms with E-state index in [1.54, 1.807) is 22.3 Å². The third kappa shape index (κ3) is 51.7. The van der Waals surface area contributed by atoms with Gasteiger partial charge in [0.25, 0.3) is 20.2 Å². The van der Waals surface area contributed by atoms with Gasteiger partial charge in [0.2, 0.25) is 0 Å². The van der Waals surface area contributed by atoms with E-state index in [1.807, 2.05) is 0 Å². The molecule has 8 heteroatoms. The zero-order chi connectivity index (χ0) is 55.2. The van der Waals surface area contributed by atoms with Gasteiger partial charge in [-0.1, -0.05) is 332 Å². The molecule has 0 amide bonds. The van der Waals surface area contributed by atoms with Crippen LogP contribution in [0.3, 0.4) is 0 Å². The summed E-state index contributed by atoms with van der Waals surface area (Å²) in [5.41, 5.74) is 6.37. The van der Waals surface area contributed by atoms with Crippen LogP contribution < -0.4 is 0 Å². The van der Waals surface area contributed by atoms with E-state index in [2.05, 4.69) is 62.4 Å². The van der Waals surface area contributed by atoms with Gasteiger partial charge in [-0.15, -0.1) is 0 Å². The highest BCUT2D eigenvalue weighted by Gasteiger charge is 2.07. The van der Waals surface area contributed by atoms with Gasteiger partial charge in [-0.05, 0) is 86.5 Å². The van der Waals surface area contributed by atoms with Crippen molar-refractivity contribution in [1.29, 1.82) is 0 Å². The molecule has 0 saturated heterocycles. The summed E-state index contributed by atoms with van der Waals surface area (Å²) in [5.74, 6) is -0.171. The van der Waals surface area contributed by atoms with Crippen LogP contribution >= 0.6 is 0 Å². The first-order valence-electron chi connectivity index (χ1n) is 33.1. The number of hydrogen-bond acceptors (Lipinski definition) is 4. The van der Waals surface area contributed by atoms with E-state index >= 15 is 0 Å². The predicted molar refractivity (Wildman–Crippen MR) is 333 cm³/mol. The summed E-state index contributed by atoms with van der Waals surface area (Å²) in [6.45, 7) is 4.58. The van der Waals surface area contributed by atoms with Gasteiger partial charge >= 0.3 is 0 Å². The van der Waals surface area contributed by atoms with Crippen LogP contribution in [0.15, 0.2) is 48.5 Å². The molecule has 6 nitrogen and oxygen atoms in total. The van der Waals surface area contributed by atoms with Gasteiger partial charge in [0, 0.05) is 0 Å². The Balaban J connectivity index is 0.000000760. The predicted octanol–water partition coefficient (Wildman–Crippen LogP) is 22.1. The molecule has 0 fully saturated rings. The van der Waals surface area contributed by atoms with Gasteiger partial charge in [-0.3, -0.25) is 9.11 Å². The molecule has 0 aliphatic rings. The summed E-state index contributed by atoms with van der Waals surface area (Å²) >= 11 is 0. The zero-order valence-corrected chi connectivity index (χ0v) is 51.8. The number of hydrogen-bond donors (Lipinski definition) is 2. The van der Waals surface area contributed by atoms with Gasteiger partial charge in [0.15, 0.2) is 0 Å². The van der Waals surface area contributed by atoms with E-state index in [1.165, 1.54) is 295 Å². The first-order valence-corrected chi connectivity index (χ1v) is 36.3. The van der Waals surface area contributed by atoms with Crippen molar-refractivity contribution in [1.82, 2.24) is 0 Å². The minimum absolute atomic E-state index is 0.0853. The Morgan fingerprint density at radius 2 is 0.382 bits per heavy atom. The number of unbranched alkanes of at least 4 members (excludes halogenated alkanes) is 44. The van der Waals surface area contributed by atoms with Crippen molar-refractivity contribution in [2.45, 2.75) is 348 Å². The average Bonchev–Trinajstić information content (AvgIpc) is 3.39. The number of rotatable bonds is 56. The molecule has 0 saturated carbocycles. The lowest BCUT2D eigenvalue weighted by atomic mass is 9.96. The minimum atomic E-state index is -3.77. The zero-order valence-electron chi connectivity index (χ0n) is 50.1. The fraction of sp³-hybridized carbons (Fsp3) is 0.824. The van der Waals surface area contributed by atoms with Crippen LogP contribution in [-0.2, 0) is 45.9 Å². The molecule has 76 heavy (non-hydrogen) atoms. The van der Waals surface area contributed by atoms with Gasteiger partial charge < -0.3 is 0 Å². The highest BCUT2D eigenvalue weighted by molar-refractivity contribution is 7.86. The van der Waals surface area contributed by atoms with Crippen LogP contribution in [0.1, 0.15) is 344 Å². The standard InChI is InChI=1S/2C34H62O3S/c2*1-2-3-4-5-6-7-8-11-14-17-20-23-28-33-30-25-26-31-34(33)29-24-21-18-15-12-9-10-13-16-19-22-27-32-38(35,36)37/h2*25-26,30-31H,2-24,27-29,32H2,1H3,(H,35,36,37).